The molecule has 0 saturated heterocycles. The van der Waals surface area contributed by atoms with Gasteiger partial charge in [-0.25, -0.2) is 0 Å². The Hall–Kier alpha value is -1.51. The molecule has 0 bridgehead atoms. The average Bonchev–Trinajstić information content (AvgIpc) is 2.37. The summed E-state index contributed by atoms with van der Waals surface area (Å²) in [6.45, 7) is 8.45. The lowest BCUT2D eigenvalue weighted by Crippen LogP contribution is -2.33. The summed E-state index contributed by atoms with van der Waals surface area (Å²) in [7, 11) is 0. The normalized spacial score (nSPS) is 11.9. The molecule has 0 aliphatic carbocycles. The van der Waals surface area contributed by atoms with Gasteiger partial charge in [0, 0.05) is 32.2 Å². The molecule has 1 N–H and O–H groups in total. The van der Waals surface area contributed by atoms with Crippen LogP contribution in [0.4, 0.5) is 5.69 Å². The van der Waals surface area contributed by atoms with Crippen LogP contribution in [-0.4, -0.2) is 30.4 Å². The average molecular weight is 248 g/mol. The number of benzene rings is 1. The fraction of sp³-hybridized carbons (Fsp3) is 0.533. The molecule has 1 aromatic rings. The molecule has 1 unspecified atom stereocenters. The zero-order valence-corrected chi connectivity index (χ0v) is 11.6. The zero-order valence-electron chi connectivity index (χ0n) is 11.6. The predicted octanol–water partition coefficient (Wildman–Crippen LogP) is 2.99. The van der Waals surface area contributed by atoms with Crippen molar-refractivity contribution in [3.63, 3.8) is 0 Å². The Morgan fingerprint density at radius 2 is 2.00 bits per heavy atom. The molecule has 3 nitrogen and oxygen atoms in total. The van der Waals surface area contributed by atoms with Gasteiger partial charge in [0.15, 0.2) is 0 Å². The first-order chi connectivity index (χ1) is 8.63. The van der Waals surface area contributed by atoms with Gasteiger partial charge in [-0.3, -0.25) is 4.79 Å². The molecule has 0 aliphatic heterocycles. The molecule has 1 rings (SSSR count). The second-order valence-electron chi connectivity index (χ2n) is 4.74. The fourth-order valence-electron chi connectivity index (χ4n) is 1.97. The van der Waals surface area contributed by atoms with E-state index in [1.807, 2.05) is 30.0 Å². The maximum atomic E-state index is 11.3. The maximum Gasteiger partial charge on any atom is 0.219 e. The monoisotopic (exact) mass is 248 g/mol. The summed E-state index contributed by atoms with van der Waals surface area (Å²) in [6.07, 6.45) is 1.07. The van der Waals surface area contributed by atoms with E-state index in [0.717, 1.165) is 31.7 Å². The first-order valence-electron chi connectivity index (χ1n) is 6.68. The second kappa shape index (κ2) is 7.75. The number of hydrogen-bond acceptors (Lipinski definition) is 2. The number of para-hydroxylation sites is 1. The summed E-state index contributed by atoms with van der Waals surface area (Å²) in [4.78, 5) is 13.2. The van der Waals surface area contributed by atoms with Gasteiger partial charge >= 0.3 is 0 Å². The summed E-state index contributed by atoms with van der Waals surface area (Å²) in [5.41, 5.74) is 1.16. The summed E-state index contributed by atoms with van der Waals surface area (Å²) in [5.74, 6) is 0.686. The highest BCUT2D eigenvalue weighted by atomic mass is 16.2. The Morgan fingerprint density at radius 3 is 2.56 bits per heavy atom. The number of nitrogens with one attached hydrogen (secondary N) is 1. The highest BCUT2D eigenvalue weighted by Gasteiger charge is 2.10. The van der Waals surface area contributed by atoms with E-state index >= 15 is 0 Å². The summed E-state index contributed by atoms with van der Waals surface area (Å²) in [5, 5.41) is 3.39. The van der Waals surface area contributed by atoms with Crippen LogP contribution in [-0.2, 0) is 4.79 Å². The number of hydrogen-bond donors (Lipinski definition) is 1. The van der Waals surface area contributed by atoms with Crippen LogP contribution in [0, 0.1) is 5.92 Å². The van der Waals surface area contributed by atoms with Crippen molar-refractivity contribution in [2.75, 3.05) is 25.0 Å². The Balaban J connectivity index is 2.25. The molecular formula is C15H24N2O. The molecule has 0 spiro atoms. The molecule has 3 heteroatoms. The third kappa shape index (κ3) is 5.21. The molecule has 0 aromatic heterocycles. The Morgan fingerprint density at radius 1 is 1.33 bits per heavy atom. The number of nitrogens with zero attached hydrogens (tertiary/aromatic N) is 1. The van der Waals surface area contributed by atoms with Crippen molar-refractivity contribution in [3.05, 3.63) is 30.3 Å². The molecule has 0 radical (unpaired) electrons. The van der Waals surface area contributed by atoms with Gasteiger partial charge in [0.05, 0.1) is 0 Å². The topological polar surface area (TPSA) is 32.3 Å². The minimum Gasteiger partial charge on any atom is -0.385 e. The number of anilines is 1. The van der Waals surface area contributed by atoms with Crippen LogP contribution in [0.5, 0.6) is 0 Å². The highest BCUT2D eigenvalue weighted by Crippen LogP contribution is 2.08. The summed E-state index contributed by atoms with van der Waals surface area (Å²) >= 11 is 0. The van der Waals surface area contributed by atoms with E-state index in [1.165, 1.54) is 0 Å². The Labute approximate surface area is 110 Å². The first kappa shape index (κ1) is 14.6. The molecular weight excluding hydrogens is 224 g/mol. The molecule has 100 valence electrons. The molecule has 0 saturated carbocycles. The van der Waals surface area contributed by atoms with Gasteiger partial charge in [-0.15, -0.1) is 0 Å². The molecule has 0 heterocycles. The quantitative estimate of drug-likeness (QED) is 0.804. The van der Waals surface area contributed by atoms with E-state index in [2.05, 4.69) is 24.4 Å². The van der Waals surface area contributed by atoms with Crippen LogP contribution in [0.25, 0.3) is 0 Å². The number of amides is 1. The zero-order chi connectivity index (χ0) is 13.4. The minimum absolute atomic E-state index is 0.167. The first-order valence-corrected chi connectivity index (χ1v) is 6.68. The van der Waals surface area contributed by atoms with E-state index in [9.17, 15) is 4.79 Å². The summed E-state index contributed by atoms with van der Waals surface area (Å²) in [6, 6.07) is 10.2. The van der Waals surface area contributed by atoms with Crippen LogP contribution in [0.2, 0.25) is 0 Å². The molecule has 1 amide bonds. The number of rotatable bonds is 7. The smallest absolute Gasteiger partial charge is 0.219 e. The Kier molecular flexibility index (Phi) is 6.26. The maximum absolute atomic E-state index is 11.3. The van der Waals surface area contributed by atoms with Crippen molar-refractivity contribution in [1.29, 1.82) is 0 Å². The van der Waals surface area contributed by atoms with Gasteiger partial charge in [0.25, 0.3) is 0 Å². The standard InChI is InChI=1S/C15H24N2O/c1-4-17(14(3)18)12-13(2)10-11-16-15-8-6-5-7-9-15/h5-9,13,16H,4,10-12H2,1-3H3. The summed E-state index contributed by atoms with van der Waals surface area (Å²) < 4.78 is 0. The molecule has 18 heavy (non-hydrogen) atoms. The van der Waals surface area contributed by atoms with Crippen LogP contribution in [0.15, 0.2) is 30.3 Å². The largest absolute Gasteiger partial charge is 0.385 e. The lowest BCUT2D eigenvalue weighted by molar-refractivity contribution is -0.129. The van der Waals surface area contributed by atoms with Crippen LogP contribution >= 0.6 is 0 Å². The van der Waals surface area contributed by atoms with Crippen LogP contribution < -0.4 is 5.32 Å². The van der Waals surface area contributed by atoms with Gasteiger partial charge < -0.3 is 10.2 Å². The third-order valence-corrected chi connectivity index (χ3v) is 3.10. The SMILES string of the molecule is CCN(CC(C)CCNc1ccccc1)C(C)=O. The molecule has 0 aliphatic rings. The lowest BCUT2D eigenvalue weighted by Gasteiger charge is -2.23. The van der Waals surface area contributed by atoms with Gasteiger partial charge in [-0.05, 0) is 31.4 Å². The lowest BCUT2D eigenvalue weighted by atomic mass is 10.1. The van der Waals surface area contributed by atoms with Gasteiger partial charge in [-0.2, -0.15) is 0 Å². The van der Waals surface area contributed by atoms with Gasteiger partial charge in [-0.1, -0.05) is 25.1 Å². The van der Waals surface area contributed by atoms with Crippen LogP contribution in [0.3, 0.4) is 0 Å². The van der Waals surface area contributed by atoms with Crippen molar-refractivity contribution >= 4 is 11.6 Å². The number of carbonyl (C=O) groups excluding carboxylic acids is 1. The fourth-order valence-corrected chi connectivity index (χ4v) is 1.97. The van der Waals surface area contributed by atoms with Gasteiger partial charge in [0.1, 0.15) is 0 Å². The van der Waals surface area contributed by atoms with Crippen molar-refractivity contribution in [1.82, 2.24) is 4.90 Å². The van der Waals surface area contributed by atoms with E-state index < -0.39 is 0 Å². The van der Waals surface area contributed by atoms with Crippen molar-refractivity contribution in [2.45, 2.75) is 27.2 Å². The van der Waals surface area contributed by atoms with E-state index in [1.54, 1.807) is 6.92 Å². The third-order valence-electron chi connectivity index (χ3n) is 3.10. The van der Waals surface area contributed by atoms with E-state index in [0.29, 0.717) is 5.92 Å². The van der Waals surface area contributed by atoms with E-state index in [-0.39, 0.29) is 5.91 Å². The van der Waals surface area contributed by atoms with E-state index in [4.69, 9.17) is 0 Å². The van der Waals surface area contributed by atoms with Crippen molar-refractivity contribution in [3.8, 4) is 0 Å². The van der Waals surface area contributed by atoms with Crippen molar-refractivity contribution < 1.29 is 4.79 Å². The molecule has 1 aromatic carbocycles. The molecule has 1 atom stereocenters. The second-order valence-corrected chi connectivity index (χ2v) is 4.74. The van der Waals surface area contributed by atoms with Crippen molar-refractivity contribution in [2.24, 2.45) is 5.92 Å². The highest BCUT2D eigenvalue weighted by molar-refractivity contribution is 5.73. The number of carbonyl (C=O) groups is 1. The Bertz CT molecular complexity index is 351. The predicted molar refractivity (Wildman–Crippen MR) is 76.6 cm³/mol. The van der Waals surface area contributed by atoms with Gasteiger partial charge in [0.2, 0.25) is 5.91 Å². The van der Waals surface area contributed by atoms with Crippen LogP contribution in [0.1, 0.15) is 27.2 Å². The minimum atomic E-state index is 0.167. The molecule has 0 fully saturated rings.